The van der Waals surface area contributed by atoms with Gasteiger partial charge in [0.2, 0.25) is 11.5 Å². The number of primary amides is 1. The summed E-state index contributed by atoms with van der Waals surface area (Å²) in [5.41, 5.74) is 10.3. The maximum atomic E-state index is 13.2. The monoisotopic (exact) mass is 362 g/mol. The number of rotatable bonds is 4. The van der Waals surface area contributed by atoms with Crippen molar-refractivity contribution in [2.75, 3.05) is 5.32 Å². The maximum Gasteiger partial charge on any atom is 0.248 e. The Kier molecular flexibility index (Phi) is 4.04. The molecule has 6 nitrogen and oxygen atoms in total. The van der Waals surface area contributed by atoms with Gasteiger partial charge in [-0.3, -0.25) is 4.79 Å². The number of nitrogens with two attached hydrogens (primary N) is 1. The van der Waals surface area contributed by atoms with E-state index in [1.807, 2.05) is 6.07 Å². The molecule has 2 aromatic heterocycles. The standard InChI is InChI=1S/C20H15FN4O2/c1-11-18-19(27-25-11)17(23-15-8-4-13(5-9-15)20(22)26)10-16(24-18)12-2-6-14(21)7-3-12/h2-10H,1H3,(H2,22,26)(H,23,24). The van der Waals surface area contributed by atoms with Crippen LogP contribution in [0.25, 0.3) is 22.4 Å². The molecule has 3 N–H and O–H groups in total. The van der Waals surface area contributed by atoms with Crippen molar-refractivity contribution in [3.8, 4) is 11.3 Å². The van der Waals surface area contributed by atoms with Crippen molar-refractivity contribution in [3.63, 3.8) is 0 Å². The molecule has 0 unspecified atom stereocenters. The van der Waals surface area contributed by atoms with Crippen LogP contribution >= 0.6 is 0 Å². The Morgan fingerprint density at radius 1 is 1.11 bits per heavy atom. The number of halogens is 1. The molecule has 0 fully saturated rings. The predicted octanol–water partition coefficient (Wildman–Crippen LogP) is 4.18. The third-order valence-corrected chi connectivity index (χ3v) is 4.18. The molecule has 1 amide bonds. The summed E-state index contributed by atoms with van der Waals surface area (Å²) in [7, 11) is 0. The van der Waals surface area contributed by atoms with E-state index in [0.29, 0.717) is 33.7 Å². The molecule has 4 aromatic rings. The molecule has 0 aliphatic rings. The fraction of sp³-hybridized carbons (Fsp3) is 0.0500. The SMILES string of the molecule is Cc1noc2c(Nc3ccc(C(N)=O)cc3)cc(-c3ccc(F)cc3)nc12. The van der Waals surface area contributed by atoms with Gasteiger partial charge in [0.05, 0.1) is 11.4 Å². The van der Waals surface area contributed by atoms with Gasteiger partial charge in [-0.1, -0.05) is 5.16 Å². The second-order valence-corrected chi connectivity index (χ2v) is 6.07. The van der Waals surface area contributed by atoms with Gasteiger partial charge in [-0.15, -0.1) is 0 Å². The molecule has 27 heavy (non-hydrogen) atoms. The van der Waals surface area contributed by atoms with Gasteiger partial charge in [0.15, 0.2) is 0 Å². The van der Waals surface area contributed by atoms with Crippen molar-refractivity contribution in [1.29, 1.82) is 0 Å². The number of nitrogens with one attached hydrogen (secondary N) is 1. The van der Waals surface area contributed by atoms with E-state index >= 15 is 0 Å². The zero-order valence-corrected chi connectivity index (χ0v) is 14.4. The topological polar surface area (TPSA) is 94.0 Å². The highest BCUT2D eigenvalue weighted by Crippen LogP contribution is 2.32. The van der Waals surface area contributed by atoms with Crippen LogP contribution in [-0.4, -0.2) is 16.0 Å². The first-order valence-electron chi connectivity index (χ1n) is 8.21. The lowest BCUT2D eigenvalue weighted by molar-refractivity contribution is 0.100. The summed E-state index contributed by atoms with van der Waals surface area (Å²) in [6.45, 7) is 1.80. The van der Waals surface area contributed by atoms with Crippen molar-refractivity contribution in [2.24, 2.45) is 5.73 Å². The zero-order valence-electron chi connectivity index (χ0n) is 14.4. The van der Waals surface area contributed by atoms with Gasteiger partial charge in [-0.2, -0.15) is 0 Å². The summed E-state index contributed by atoms with van der Waals surface area (Å²) >= 11 is 0. The molecule has 0 radical (unpaired) electrons. The Labute approximate surface area is 153 Å². The number of pyridine rings is 1. The Morgan fingerprint density at radius 3 is 2.48 bits per heavy atom. The number of aromatic nitrogens is 2. The highest BCUT2D eigenvalue weighted by molar-refractivity contribution is 5.94. The number of carbonyl (C=O) groups is 1. The predicted molar refractivity (Wildman–Crippen MR) is 100 cm³/mol. The molecule has 0 spiro atoms. The van der Waals surface area contributed by atoms with Gasteiger partial charge in [0.1, 0.15) is 17.0 Å². The first-order valence-corrected chi connectivity index (χ1v) is 8.21. The minimum absolute atomic E-state index is 0.311. The second-order valence-electron chi connectivity index (χ2n) is 6.07. The van der Waals surface area contributed by atoms with Crippen molar-refractivity contribution < 1.29 is 13.7 Å². The minimum Gasteiger partial charge on any atom is -0.366 e. The van der Waals surface area contributed by atoms with E-state index in [1.165, 1.54) is 12.1 Å². The lowest BCUT2D eigenvalue weighted by Crippen LogP contribution is -2.10. The smallest absolute Gasteiger partial charge is 0.248 e. The van der Waals surface area contributed by atoms with E-state index in [1.54, 1.807) is 43.3 Å². The number of nitrogens with zero attached hydrogens (tertiary/aromatic N) is 2. The van der Waals surface area contributed by atoms with Gasteiger partial charge >= 0.3 is 0 Å². The second kappa shape index (κ2) is 6.53. The van der Waals surface area contributed by atoms with Crippen LogP contribution in [0.1, 0.15) is 16.1 Å². The van der Waals surface area contributed by atoms with E-state index in [2.05, 4.69) is 15.5 Å². The normalized spacial score (nSPS) is 10.9. The molecule has 0 saturated carbocycles. The molecular weight excluding hydrogens is 347 g/mol. The molecule has 0 aliphatic carbocycles. The van der Waals surface area contributed by atoms with Crippen molar-refractivity contribution in [3.05, 3.63) is 71.7 Å². The molecule has 0 atom stereocenters. The Balaban J connectivity index is 1.79. The summed E-state index contributed by atoms with van der Waals surface area (Å²) < 4.78 is 18.7. The first-order chi connectivity index (χ1) is 13.0. The molecule has 0 aliphatic heterocycles. The van der Waals surface area contributed by atoms with E-state index in [4.69, 9.17) is 10.3 Å². The highest BCUT2D eigenvalue weighted by atomic mass is 19.1. The number of anilines is 2. The fourth-order valence-corrected chi connectivity index (χ4v) is 2.76. The van der Waals surface area contributed by atoms with Crippen molar-refractivity contribution in [2.45, 2.75) is 6.92 Å². The van der Waals surface area contributed by atoms with Crippen LogP contribution in [0.15, 0.2) is 59.1 Å². The van der Waals surface area contributed by atoms with E-state index in [0.717, 1.165) is 11.3 Å². The van der Waals surface area contributed by atoms with Crippen LogP contribution < -0.4 is 11.1 Å². The average Bonchev–Trinajstić information content (AvgIpc) is 3.04. The van der Waals surface area contributed by atoms with Crippen LogP contribution in [0, 0.1) is 12.7 Å². The number of hydrogen-bond donors (Lipinski definition) is 2. The van der Waals surface area contributed by atoms with E-state index < -0.39 is 5.91 Å². The number of aryl methyl sites for hydroxylation is 1. The van der Waals surface area contributed by atoms with Crippen LogP contribution in [-0.2, 0) is 0 Å². The molecule has 7 heteroatoms. The van der Waals surface area contributed by atoms with Crippen molar-refractivity contribution in [1.82, 2.24) is 10.1 Å². The van der Waals surface area contributed by atoms with Crippen LogP contribution in [0.4, 0.5) is 15.8 Å². The summed E-state index contributed by atoms with van der Waals surface area (Å²) in [6.07, 6.45) is 0. The number of hydrogen-bond acceptors (Lipinski definition) is 5. The molecule has 0 saturated heterocycles. The molecular formula is C20H15FN4O2. The van der Waals surface area contributed by atoms with Crippen LogP contribution in [0.5, 0.6) is 0 Å². The van der Waals surface area contributed by atoms with Crippen LogP contribution in [0.2, 0.25) is 0 Å². The molecule has 2 heterocycles. The summed E-state index contributed by atoms with van der Waals surface area (Å²) in [5.74, 6) is -0.800. The van der Waals surface area contributed by atoms with Gasteiger partial charge in [-0.25, -0.2) is 9.37 Å². The zero-order chi connectivity index (χ0) is 19.0. The first kappa shape index (κ1) is 16.7. The van der Waals surface area contributed by atoms with Gasteiger partial charge in [-0.05, 0) is 61.5 Å². The third kappa shape index (κ3) is 3.22. The average molecular weight is 362 g/mol. The summed E-state index contributed by atoms with van der Waals surface area (Å²) in [6, 6.07) is 14.7. The minimum atomic E-state index is -0.489. The summed E-state index contributed by atoms with van der Waals surface area (Å²) in [5, 5.41) is 7.23. The Morgan fingerprint density at radius 2 is 1.81 bits per heavy atom. The third-order valence-electron chi connectivity index (χ3n) is 4.18. The van der Waals surface area contributed by atoms with Gasteiger partial charge in [0, 0.05) is 16.8 Å². The Bertz CT molecular complexity index is 1140. The number of fused-ring (bicyclic) bond motifs is 1. The van der Waals surface area contributed by atoms with E-state index in [-0.39, 0.29) is 5.82 Å². The molecule has 134 valence electrons. The number of amides is 1. The number of carbonyl (C=O) groups excluding carboxylic acids is 1. The Hall–Kier alpha value is -3.74. The van der Waals surface area contributed by atoms with Crippen molar-refractivity contribution >= 4 is 28.4 Å². The lowest BCUT2D eigenvalue weighted by Gasteiger charge is -2.09. The van der Waals surface area contributed by atoms with Gasteiger partial charge < -0.3 is 15.6 Å². The number of benzene rings is 2. The highest BCUT2D eigenvalue weighted by Gasteiger charge is 2.15. The quantitative estimate of drug-likeness (QED) is 0.568. The molecule has 2 aromatic carbocycles. The molecule has 0 bridgehead atoms. The lowest BCUT2D eigenvalue weighted by atomic mass is 10.1. The molecule has 4 rings (SSSR count). The largest absolute Gasteiger partial charge is 0.366 e. The van der Waals surface area contributed by atoms with Gasteiger partial charge in [0.25, 0.3) is 0 Å². The van der Waals surface area contributed by atoms with Crippen LogP contribution in [0.3, 0.4) is 0 Å². The summed E-state index contributed by atoms with van der Waals surface area (Å²) in [4.78, 5) is 15.8. The maximum absolute atomic E-state index is 13.2. The fourth-order valence-electron chi connectivity index (χ4n) is 2.76. The van der Waals surface area contributed by atoms with E-state index in [9.17, 15) is 9.18 Å².